The highest BCUT2D eigenvalue weighted by atomic mass is 16.5. The lowest BCUT2D eigenvalue weighted by Gasteiger charge is -2.10. The van der Waals surface area contributed by atoms with Crippen molar-refractivity contribution < 1.29 is 4.74 Å². The predicted octanol–water partition coefficient (Wildman–Crippen LogP) is 3.25. The number of pyridine rings is 1. The van der Waals surface area contributed by atoms with Crippen molar-refractivity contribution in [1.29, 1.82) is 5.41 Å². The van der Waals surface area contributed by atoms with Gasteiger partial charge >= 0.3 is 0 Å². The van der Waals surface area contributed by atoms with Gasteiger partial charge in [-0.05, 0) is 44.5 Å². The number of anilines is 1. The average molecular weight is 313 g/mol. The highest BCUT2D eigenvalue weighted by Crippen LogP contribution is 2.17. The van der Waals surface area contributed by atoms with Crippen molar-refractivity contribution in [2.75, 3.05) is 12.4 Å². The van der Waals surface area contributed by atoms with Gasteiger partial charge in [0.25, 0.3) is 0 Å². The van der Waals surface area contributed by atoms with E-state index in [1.165, 1.54) is 7.11 Å². The Labute approximate surface area is 136 Å². The molecule has 2 aromatic heterocycles. The van der Waals surface area contributed by atoms with Crippen molar-refractivity contribution in [2.45, 2.75) is 33.9 Å². The normalized spacial score (nSPS) is 11.4. The minimum Gasteiger partial charge on any atom is -0.481 e. The highest BCUT2D eigenvalue weighted by molar-refractivity contribution is 5.95. The molecule has 0 bridgehead atoms. The number of rotatable bonds is 6. The molecule has 0 amide bonds. The van der Waals surface area contributed by atoms with Crippen LogP contribution in [0.3, 0.4) is 0 Å². The lowest BCUT2D eigenvalue weighted by molar-refractivity contribution is 0.400. The first kappa shape index (κ1) is 16.7. The van der Waals surface area contributed by atoms with Gasteiger partial charge < -0.3 is 10.1 Å². The van der Waals surface area contributed by atoms with Gasteiger partial charge in [0.05, 0.1) is 31.2 Å². The van der Waals surface area contributed by atoms with E-state index in [1.807, 2.05) is 49.1 Å². The first-order chi connectivity index (χ1) is 11.0. The van der Waals surface area contributed by atoms with E-state index in [0.29, 0.717) is 6.54 Å². The number of aromatic nitrogens is 3. The second-order valence-corrected chi connectivity index (χ2v) is 5.25. The molecule has 0 saturated carbocycles. The second-order valence-electron chi connectivity index (χ2n) is 5.25. The Hall–Kier alpha value is -2.63. The Balaban J connectivity index is 2.15. The fourth-order valence-corrected chi connectivity index (χ4v) is 2.24. The first-order valence-corrected chi connectivity index (χ1v) is 7.57. The summed E-state index contributed by atoms with van der Waals surface area (Å²) in [7, 11) is 1.50. The maximum absolute atomic E-state index is 7.70. The molecular weight excluding hydrogens is 290 g/mol. The van der Waals surface area contributed by atoms with Crippen molar-refractivity contribution in [1.82, 2.24) is 14.8 Å². The Morgan fingerprint density at radius 1 is 1.48 bits per heavy atom. The molecule has 0 unspecified atom stereocenters. The first-order valence-electron chi connectivity index (χ1n) is 7.57. The van der Waals surface area contributed by atoms with Gasteiger partial charge in [0, 0.05) is 24.0 Å². The van der Waals surface area contributed by atoms with Crippen LogP contribution in [0.2, 0.25) is 0 Å². The molecule has 0 radical (unpaired) electrons. The quantitative estimate of drug-likeness (QED) is 0.634. The fourth-order valence-electron chi connectivity index (χ4n) is 2.24. The van der Waals surface area contributed by atoms with Crippen molar-refractivity contribution >= 4 is 17.7 Å². The van der Waals surface area contributed by atoms with Crippen LogP contribution in [0.1, 0.15) is 30.8 Å². The van der Waals surface area contributed by atoms with E-state index in [-0.39, 0.29) is 5.90 Å². The second kappa shape index (κ2) is 7.58. The van der Waals surface area contributed by atoms with Crippen LogP contribution >= 0.6 is 0 Å². The van der Waals surface area contributed by atoms with Crippen molar-refractivity contribution in [3.63, 3.8) is 0 Å². The molecule has 0 aliphatic carbocycles. The van der Waals surface area contributed by atoms with E-state index in [1.54, 1.807) is 0 Å². The zero-order valence-corrected chi connectivity index (χ0v) is 14.1. The Morgan fingerprint density at radius 2 is 2.26 bits per heavy atom. The van der Waals surface area contributed by atoms with Crippen LogP contribution in [0.4, 0.5) is 5.69 Å². The lowest BCUT2D eigenvalue weighted by atomic mass is 10.1. The van der Waals surface area contributed by atoms with Gasteiger partial charge in [-0.15, -0.1) is 0 Å². The third-order valence-electron chi connectivity index (χ3n) is 3.64. The minimum absolute atomic E-state index is 0.162. The molecule has 0 atom stereocenters. The molecule has 0 spiro atoms. The van der Waals surface area contributed by atoms with Crippen molar-refractivity contribution in [3.8, 4) is 0 Å². The maximum Gasteiger partial charge on any atom is 0.208 e. The molecule has 23 heavy (non-hydrogen) atoms. The Morgan fingerprint density at radius 3 is 2.96 bits per heavy atom. The van der Waals surface area contributed by atoms with Gasteiger partial charge in [-0.25, -0.2) is 0 Å². The Kier molecular flexibility index (Phi) is 5.51. The highest BCUT2D eigenvalue weighted by Gasteiger charge is 2.05. The van der Waals surface area contributed by atoms with Gasteiger partial charge in [-0.2, -0.15) is 5.10 Å². The summed E-state index contributed by atoms with van der Waals surface area (Å²) in [5.74, 6) is 0.162. The summed E-state index contributed by atoms with van der Waals surface area (Å²) in [5, 5.41) is 15.3. The van der Waals surface area contributed by atoms with Crippen molar-refractivity contribution in [3.05, 3.63) is 47.1 Å². The molecule has 2 N–H and O–H groups in total. The number of nitrogens with one attached hydrogen (secondary N) is 2. The monoisotopic (exact) mass is 313 g/mol. The molecule has 122 valence electrons. The van der Waals surface area contributed by atoms with Gasteiger partial charge in [0.15, 0.2) is 0 Å². The van der Waals surface area contributed by atoms with E-state index in [0.717, 1.165) is 34.8 Å². The van der Waals surface area contributed by atoms with Crippen LogP contribution in [0.5, 0.6) is 0 Å². The van der Waals surface area contributed by atoms with Crippen LogP contribution in [0.15, 0.2) is 30.1 Å². The summed E-state index contributed by atoms with van der Waals surface area (Å²) in [6.07, 6.45) is 5.54. The number of aryl methyl sites for hydroxylation is 2. The molecule has 6 heteroatoms. The molecule has 2 aromatic rings. The summed E-state index contributed by atoms with van der Waals surface area (Å²) in [6.45, 7) is 7.41. The molecule has 2 heterocycles. The number of hydrogen-bond donors (Lipinski definition) is 2. The van der Waals surface area contributed by atoms with Gasteiger partial charge in [-0.1, -0.05) is 0 Å². The standard InChI is InChI=1S/C17H23N5O/c1-5-22-16(6-7-21-22)11-20-15-9-14(13(3)19-10-15)8-12(2)17(18)23-4/h6-10,18,20H,5,11H2,1-4H3/b12-8+,18-17?. The van der Waals surface area contributed by atoms with Crippen molar-refractivity contribution in [2.24, 2.45) is 0 Å². The molecule has 0 aliphatic rings. The lowest BCUT2D eigenvalue weighted by Crippen LogP contribution is -2.08. The van der Waals surface area contributed by atoms with E-state index in [2.05, 4.69) is 22.3 Å². The molecule has 6 nitrogen and oxygen atoms in total. The topological polar surface area (TPSA) is 75.8 Å². The number of ether oxygens (including phenoxy) is 1. The van der Waals surface area contributed by atoms with Gasteiger partial charge in [0.1, 0.15) is 0 Å². The zero-order chi connectivity index (χ0) is 16.8. The largest absolute Gasteiger partial charge is 0.481 e. The molecule has 2 rings (SSSR count). The summed E-state index contributed by atoms with van der Waals surface area (Å²) in [4.78, 5) is 4.42. The van der Waals surface area contributed by atoms with Crippen LogP contribution in [0, 0.1) is 12.3 Å². The molecule has 0 aliphatic heterocycles. The van der Waals surface area contributed by atoms with E-state index in [4.69, 9.17) is 10.1 Å². The Bertz CT molecular complexity index is 718. The fraction of sp³-hybridized carbons (Fsp3) is 0.353. The third-order valence-corrected chi connectivity index (χ3v) is 3.64. The zero-order valence-electron chi connectivity index (χ0n) is 14.1. The van der Waals surface area contributed by atoms with Crippen LogP contribution in [-0.2, 0) is 17.8 Å². The molecule has 0 fully saturated rings. The van der Waals surface area contributed by atoms with Gasteiger partial charge in [0.2, 0.25) is 5.90 Å². The predicted molar refractivity (Wildman–Crippen MR) is 92.6 cm³/mol. The number of nitrogens with zero attached hydrogens (tertiary/aromatic N) is 3. The minimum atomic E-state index is 0.162. The van der Waals surface area contributed by atoms with Crippen LogP contribution < -0.4 is 5.32 Å². The smallest absolute Gasteiger partial charge is 0.208 e. The third kappa shape index (κ3) is 4.18. The van der Waals surface area contributed by atoms with E-state index in [9.17, 15) is 0 Å². The molecule has 0 aromatic carbocycles. The van der Waals surface area contributed by atoms with Crippen LogP contribution in [-0.4, -0.2) is 27.8 Å². The molecular formula is C17H23N5O. The van der Waals surface area contributed by atoms with E-state index >= 15 is 0 Å². The molecule has 0 saturated heterocycles. The SMILES string of the molecule is CCn1nccc1CNc1cnc(C)c(/C=C(\C)C(=N)OC)c1. The van der Waals surface area contributed by atoms with Crippen LogP contribution in [0.25, 0.3) is 6.08 Å². The summed E-state index contributed by atoms with van der Waals surface area (Å²) in [5.41, 5.74) is 4.71. The summed E-state index contributed by atoms with van der Waals surface area (Å²) >= 11 is 0. The average Bonchev–Trinajstić information content (AvgIpc) is 3.02. The number of methoxy groups -OCH3 is 1. The summed E-state index contributed by atoms with van der Waals surface area (Å²) < 4.78 is 6.90. The maximum atomic E-state index is 7.70. The van der Waals surface area contributed by atoms with E-state index < -0.39 is 0 Å². The van der Waals surface area contributed by atoms with Gasteiger partial charge in [-0.3, -0.25) is 15.1 Å². The number of hydrogen-bond acceptors (Lipinski definition) is 5. The summed E-state index contributed by atoms with van der Waals surface area (Å²) in [6, 6.07) is 4.03.